The fourth-order valence-corrected chi connectivity index (χ4v) is 2.33. The molecule has 6 heteroatoms. The Morgan fingerprint density at radius 2 is 1.58 bits per heavy atom. The first kappa shape index (κ1) is 16.0. The van der Waals surface area contributed by atoms with E-state index in [0.29, 0.717) is 16.9 Å². The number of anilines is 1. The topological polar surface area (TPSA) is 66.7 Å². The molecule has 118 valence electrons. The summed E-state index contributed by atoms with van der Waals surface area (Å²) in [5.74, 6) is -0.220. The van der Waals surface area contributed by atoms with Gasteiger partial charge in [0.1, 0.15) is 0 Å². The Kier molecular flexibility index (Phi) is 5.08. The fraction of sp³-hybridized carbons (Fsp3) is 0. The molecule has 0 radical (unpaired) electrons. The van der Waals surface area contributed by atoms with Gasteiger partial charge in [-0.05, 0) is 58.4 Å². The fourth-order valence-electron chi connectivity index (χ4n) is 1.96. The zero-order valence-corrected chi connectivity index (χ0v) is 14.1. The SMILES string of the molecule is O=C(Nc1ccc(N=Nc2ccccc2)cc1)c1cncc(Br)c1. The van der Waals surface area contributed by atoms with E-state index in [1.807, 2.05) is 30.3 Å². The Morgan fingerprint density at radius 1 is 0.917 bits per heavy atom. The Balaban J connectivity index is 1.66. The second kappa shape index (κ2) is 7.61. The number of amides is 1. The van der Waals surface area contributed by atoms with Gasteiger partial charge in [0.15, 0.2) is 0 Å². The van der Waals surface area contributed by atoms with Gasteiger partial charge in [0, 0.05) is 22.6 Å². The van der Waals surface area contributed by atoms with Crippen molar-refractivity contribution in [3.8, 4) is 0 Å². The number of nitrogens with zero attached hydrogens (tertiary/aromatic N) is 3. The van der Waals surface area contributed by atoms with Gasteiger partial charge in [0.05, 0.1) is 16.9 Å². The summed E-state index contributed by atoms with van der Waals surface area (Å²) in [4.78, 5) is 16.1. The van der Waals surface area contributed by atoms with Crippen LogP contribution in [0.4, 0.5) is 17.1 Å². The van der Waals surface area contributed by atoms with Crippen LogP contribution >= 0.6 is 15.9 Å². The number of hydrogen-bond donors (Lipinski definition) is 1. The van der Waals surface area contributed by atoms with E-state index in [4.69, 9.17) is 0 Å². The van der Waals surface area contributed by atoms with Crippen molar-refractivity contribution in [2.75, 3.05) is 5.32 Å². The summed E-state index contributed by atoms with van der Waals surface area (Å²) < 4.78 is 0.756. The number of pyridine rings is 1. The van der Waals surface area contributed by atoms with Crippen LogP contribution in [0, 0.1) is 0 Å². The molecule has 0 fully saturated rings. The van der Waals surface area contributed by atoms with E-state index in [2.05, 4.69) is 36.5 Å². The zero-order chi connectivity index (χ0) is 16.8. The molecule has 0 bridgehead atoms. The molecule has 0 spiro atoms. The minimum atomic E-state index is -0.220. The van der Waals surface area contributed by atoms with Gasteiger partial charge in [-0.1, -0.05) is 18.2 Å². The molecule has 3 aromatic rings. The first-order valence-electron chi connectivity index (χ1n) is 7.19. The molecule has 0 aliphatic rings. The highest BCUT2D eigenvalue weighted by molar-refractivity contribution is 9.10. The molecule has 24 heavy (non-hydrogen) atoms. The Morgan fingerprint density at radius 3 is 2.25 bits per heavy atom. The average Bonchev–Trinajstić information content (AvgIpc) is 2.62. The van der Waals surface area contributed by atoms with Crippen LogP contribution in [0.3, 0.4) is 0 Å². The van der Waals surface area contributed by atoms with Gasteiger partial charge in [0.2, 0.25) is 0 Å². The molecule has 1 amide bonds. The molecule has 1 aromatic heterocycles. The Bertz CT molecular complexity index is 864. The maximum Gasteiger partial charge on any atom is 0.257 e. The van der Waals surface area contributed by atoms with Crippen molar-refractivity contribution in [1.29, 1.82) is 0 Å². The van der Waals surface area contributed by atoms with Crippen LogP contribution in [-0.4, -0.2) is 10.9 Å². The molecule has 0 atom stereocenters. The van der Waals surface area contributed by atoms with Gasteiger partial charge >= 0.3 is 0 Å². The lowest BCUT2D eigenvalue weighted by Gasteiger charge is -2.05. The van der Waals surface area contributed by atoms with Crippen molar-refractivity contribution >= 4 is 38.9 Å². The van der Waals surface area contributed by atoms with E-state index in [0.717, 1.165) is 10.2 Å². The molecule has 2 aromatic carbocycles. The van der Waals surface area contributed by atoms with Gasteiger partial charge in [-0.2, -0.15) is 10.2 Å². The van der Waals surface area contributed by atoms with Gasteiger partial charge in [-0.25, -0.2) is 0 Å². The lowest BCUT2D eigenvalue weighted by atomic mass is 10.2. The first-order chi connectivity index (χ1) is 11.7. The van der Waals surface area contributed by atoms with E-state index in [9.17, 15) is 4.79 Å². The third kappa shape index (κ3) is 4.33. The van der Waals surface area contributed by atoms with Crippen molar-refractivity contribution in [3.05, 3.63) is 83.1 Å². The predicted octanol–water partition coefficient (Wildman–Crippen LogP) is 5.51. The summed E-state index contributed by atoms with van der Waals surface area (Å²) in [7, 11) is 0. The highest BCUT2D eigenvalue weighted by Crippen LogP contribution is 2.20. The summed E-state index contributed by atoms with van der Waals surface area (Å²) in [5.41, 5.74) is 2.66. The van der Waals surface area contributed by atoms with Crippen molar-refractivity contribution in [2.45, 2.75) is 0 Å². The van der Waals surface area contributed by atoms with Crippen molar-refractivity contribution in [2.24, 2.45) is 10.2 Å². The molecule has 1 N–H and O–H groups in total. The van der Waals surface area contributed by atoms with E-state index in [1.54, 1.807) is 36.5 Å². The second-order valence-corrected chi connectivity index (χ2v) is 5.84. The van der Waals surface area contributed by atoms with Crippen LogP contribution in [0.1, 0.15) is 10.4 Å². The predicted molar refractivity (Wildman–Crippen MR) is 97.0 cm³/mol. The molecule has 0 unspecified atom stereocenters. The highest BCUT2D eigenvalue weighted by atomic mass is 79.9. The van der Waals surface area contributed by atoms with Crippen molar-refractivity contribution < 1.29 is 4.79 Å². The Labute approximate surface area is 147 Å². The third-order valence-corrected chi connectivity index (χ3v) is 3.56. The molecule has 1 heterocycles. The molecule has 5 nitrogen and oxygen atoms in total. The van der Waals surface area contributed by atoms with Crippen molar-refractivity contribution in [1.82, 2.24) is 4.98 Å². The Hall–Kier alpha value is -2.86. The van der Waals surface area contributed by atoms with E-state index < -0.39 is 0 Å². The lowest BCUT2D eigenvalue weighted by Crippen LogP contribution is -2.11. The smallest absolute Gasteiger partial charge is 0.257 e. The number of carbonyl (C=O) groups is 1. The monoisotopic (exact) mass is 380 g/mol. The first-order valence-corrected chi connectivity index (χ1v) is 7.99. The van der Waals surface area contributed by atoms with E-state index in [1.165, 1.54) is 6.20 Å². The van der Waals surface area contributed by atoms with Gasteiger partial charge in [0.25, 0.3) is 5.91 Å². The largest absolute Gasteiger partial charge is 0.322 e. The summed E-state index contributed by atoms with van der Waals surface area (Å²) in [6.45, 7) is 0. The number of hydrogen-bond acceptors (Lipinski definition) is 4. The van der Waals surface area contributed by atoms with Gasteiger partial charge < -0.3 is 5.32 Å². The third-order valence-electron chi connectivity index (χ3n) is 3.13. The molecule has 0 aliphatic carbocycles. The summed E-state index contributed by atoms with van der Waals surface area (Å²) >= 11 is 3.30. The summed E-state index contributed by atoms with van der Waals surface area (Å²) in [5, 5.41) is 11.1. The van der Waals surface area contributed by atoms with E-state index >= 15 is 0 Å². The molecular formula is C18H13BrN4O. The number of benzene rings is 2. The van der Waals surface area contributed by atoms with Crippen LogP contribution in [-0.2, 0) is 0 Å². The number of carbonyl (C=O) groups excluding carboxylic acids is 1. The maximum atomic E-state index is 12.1. The maximum absolute atomic E-state index is 12.1. The molecule has 0 aliphatic heterocycles. The average molecular weight is 381 g/mol. The molecule has 3 rings (SSSR count). The number of rotatable bonds is 4. The van der Waals surface area contributed by atoms with Gasteiger partial charge in [-0.15, -0.1) is 0 Å². The molecule has 0 saturated carbocycles. The standard InChI is InChI=1S/C18H13BrN4O/c19-14-10-13(11-20-12-14)18(24)21-15-6-8-17(9-7-15)23-22-16-4-2-1-3-5-16/h1-12H,(H,21,24). The van der Waals surface area contributed by atoms with Crippen LogP contribution in [0.15, 0.2) is 87.8 Å². The minimum absolute atomic E-state index is 0.220. The zero-order valence-electron chi connectivity index (χ0n) is 12.6. The summed E-state index contributed by atoms with van der Waals surface area (Å²) in [6.07, 6.45) is 3.14. The van der Waals surface area contributed by atoms with Gasteiger partial charge in [-0.3, -0.25) is 9.78 Å². The minimum Gasteiger partial charge on any atom is -0.322 e. The van der Waals surface area contributed by atoms with Crippen LogP contribution in [0.5, 0.6) is 0 Å². The van der Waals surface area contributed by atoms with Crippen LogP contribution in [0.2, 0.25) is 0 Å². The number of nitrogens with one attached hydrogen (secondary N) is 1. The van der Waals surface area contributed by atoms with Crippen LogP contribution < -0.4 is 5.32 Å². The van der Waals surface area contributed by atoms with Crippen molar-refractivity contribution in [3.63, 3.8) is 0 Å². The second-order valence-electron chi connectivity index (χ2n) is 4.93. The highest BCUT2D eigenvalue weighted by Gasteiger charge is 2.06. The lowest BCUT2D eigenvalue weighted by molar-refractivity contribution is 0.102. The quantitative estimate of drug-likeness (QED) is 0.606. The number of aromatic nitrogens is 1. The number of azo groups is 1. The van der Waals surface area contributed by atoms with Crippen LogP contribution in [0.25, 0.3) is 0 Å². The van der Waals surface area contributed by atoms with E-state index in [-0.39, 0.29) is 5.91 Å². The number of halogens is 1. The molecular weight excluding hydrogens is 368 g/mol. The summed E-state index contributed by atoms with van der Waals surface area (Å²) in [6, 6.07) is 18.4. The normalized spacial score (nSPS) is 10.7. The molecule has 0 saturated heterocycles.